The Kier molecular flexibility index (Phi) is 10.5. The molecule has 0 aromatic carbocycles. The van der Waals surface area contributed by atoms with E-state index in [2.05, 4.69) is 6.92 Å². The molecule has 0 aliphatic rings. The summed E-state index contributed by atoms with van der Waals surface area (Å²) in [6.45, 7) is 7.94. The minimum atomic E-state index is -3.65. The van der Waals surface area contributed by atoms with Crippen LogP contribution < -0.4 is 11.5 Å². The second-order valence-electron chi connectivity index (χ2n) is 6.46. The van der Waals surface area contributed by atoms with Crippen LogP contribution in [-0.2, 0) is 9.84 Å². The van der Waals surface area contributed by atoms with Gasteiger partial charge in [0.25, 0.3) is 0 Å². The molecule has 7 heteroatoms. The van der Waals surface area contributed by atoms with Crippen molar-refractivity contribution in [1.82, 2.24) is 4.90 Å². The smallest absolute Gasteiger partial charge is 0.183 e. The van der Waals surface area contributed by atoms with Crippen LogP contribution >= 0.6 is 0 Å². The van der Waals surface area contributed by atoms with Crippen molar-refractivity contribution in [2.75, 3.05) is 32.4 Å². The molecule has 0 aromatic rings. The molecule has 23 heavy (non-hydrogen) atoms. The molecule has 0 saturated heterocycles. The van der Waals surface area contributed by atoms with Crippen molar-refractivity contribution in [3.05, 3.63) is 0 Å². The summed E-state index contributed by atoms with van der Waals surface area (Å²) in [4.78, 5) is 0.260. The number of hydrogen-bond acceptors (Lipinski definition) is 6. The Balaban J connectivity index is 5.83. The standard InChI is InChI=1S/C16H37N3O3S/c1-5-7-9-15(19(13-11-18)12-8-10-17)16(20,14(3)6-2)23(4,21)22/h14-15,20H,5-13,17-18H2,1-4H3. The van der Waals surface area contributed by atoms with Crippen molar-refractivity contribution in [2.45, 2.75) is 63.9 Å². The highest BCUT2D eigenvalue weighted by Crippen LogP contribution is 2.35. The van der Waals surface area contributed by atoms with E-state index in [0.717, 1.165) is 25.5 Å². The van der Waals surface area contributed by atoms with Gasteiger partial charge in [-0.05, 0) is 32.4 Å². The Hall–Kier alpha value is -0.210. The van der Waals surface area contributed by atoms with E-state index in [4.69, 9.17) is 11.5 Å². The first kappa shape index (κ1) is 22.8. The van der Waals surface area contributed by atoms with Crippen LogP contribution in [0.2, 0.25) is 0 Å². The third kappa shape index (κ3) is 5.98. The molecule has 0 aliphatic carbocycles. The van der Waals surface area contributed by atoms with Gasteiger partial charge in [0.2, 0.25) is 0 Å². The molecule has 3 atom stereocenters. The lowest BCUT2D eigenvalue weighted by molar-refractivity contribution is -0.0260. The topological polar surface area (TPSA) is 110 Å². The third-order valence-corrected chi connectivity index (χ3v) is 6.59. The predicted octanol–water partition coefficient (Wildman–Crippen LogP) is 0.934. The molecule has 0 radical (unpaired) electrons. The van der Waals surface area contributed by atoms with Crippen LogP contribution in [0.25, 0.3) is 0 Å². The van der Waals surface area contributed by atoms with E-state index in [9.17, 15) is 13.5 Å². The summed E-state index contributed by atoms with van der Waals surface area (Å²) >= 11 is 0. The fraction of sp³-hybridized carbons (Fsp3) is 1.00. The third-order valence-electron chi connectivity index (χ3n) is 4.73. The number of sulfone groups is 1. The Morgan fingerprint density at radius 1 is 1.13 bits per heavy atom. The Morgan fingerprint density at radius 3 is 2.13 bits per heavy atom. The first-order valence-corrected chi connectivity index (χ1v) is 10.7. The van der Waals surface area contributed by atoms with Crippen molar-refractivity contribution < 1.29 is 13.5 Å². The Labute approximate surface area is 142 Å². The molecular weight excluding hydrogens is 314 g/mol. The lowest BCUT2D eigenvalue weighted by Crippen LogP contribution is -2.61. The number of unbranched alkanes of at least 4 members (excludes halogenated alkanes) is 1. The zero-order chi connectivity index (χ0) is 18.1. The van der Waals surface area contributed by atoms with E-state index in [1.165, 1.54) is 0 Å². The van der Waals surface area contributed by atoms with Gasteiger partial charge in [-0.25, -0.2) is 8.42 Å². The van der Waals surface area contributed by atoms with Gasteiger partial charge >= 0.3 is 0 Å². The molecule has 0 aliphatic heterocycles. The van der Waals surface area contributed by atoms with E-state index in [1.807, 2.05) is 18.7 Å². The zero-order valence-electron chi connectivity index (χ0n) is 15.3. The number of nitrogens with two attached hydrogens (primary N) is 2. The molecule has 0 heterocycles. The van der Waals surface area contributed by atoms with Gasteiger partial charge in [-0.1, -0.05) is 33.6 Å². The normalized spacial score (nSPS) is 17.9. The molecular formula is C16H37N3O3S. The van der Waals surface area contributed by atoms with Gasteiger partial charge in [-0.2, -0.15) is 0 Å². The predicted molar refractivity (Wildman–Crippen MR) is 96.9 cm³/mol. The van der Waals surface area contributed by atoms with Gasteiger partial charge in [-0.15, -0.1) is 0 Å². The molecule has 0 amide bonds. The van der Waals surface area contributed by atoms with Gasteiger partial charge in [0.15, 0.2) is 14.8 Å². The van der Waals surface area contributed by atoms with Gasteiger partial charge in [-0.3, -0.25) is 4.90 Å². The van der Waals surface area contributed by atoms with Crippen molar-refractivity contribution >= 4 is 9.84 Å². The lowest BCUT2D eigenvalue weighted by Gasteiger charge is -2.45. The van der Waals surface area contributed by atoms with Gasteiger partial charge < -0.3 is 16.6 Å². The van der Waals surface area contributed by atoms with Crippen molar-refractivity contribution in [1.29, 1.82) is 0 Å². The zero-order valence-corrected chi connectivity index (χ0v) is 16.1. The highest BCUT2D eigenvalue weighted by molar-refractivity contribution is 7.92. The van der Waals surface area contributed by atoms with E-state index < -0.39 is 20.8 Å². The number of hydrogen-bond donors (Lipinski definition) is 3. The molecule has 0 spiro atoms. The Morgan fingerprint density at radius 2 is 1.74 bits per heavy atom. The molecule has 5 N–H and O–H groups in total. The van der Waals surface area contributed by atoms with Crippen LogP contribution in [0.1, 0.15) is 52.9 Å². The summed E-state index contributed by atoms with van der Waals surface area (Å²) in [7, 11) is -3.65. The average molecular weight is 352 g/mol. The van der Waals surface area contributed by atoms with E-state index in [1.54, 1.807) is 0 Å². The van der Waals surface area contributed by atoms with E-state index in [0.29, 0.717) is 39.0 Å². The quantitative estimate of drug-likeness (QED) is 0.455. The second kappa shape index (κ2) is 10.6. The first-order chi connectivity index (χ1) is 10.7. The summed E-state index contributed by atoms with van der Waals surface area (Å²) in [5.41, 5.74) is 11.3. The van der Waals surface area contributed by atoms with Gasteiger partial charge in [0.05, 0.1) is 6.04 Å². The van der Waals surface area contributed by atoms with Crippen LogP contribution in [0.5, 0.6) is 0 Å². The molecule has 0 bridgehead atoms. The molecule has 0 fully saturated rings. The number of aliphatic hydroxyl groups is 1. The van der Waals surface area contributed by atoms with Crippen molar-refractivity contribution in [3.8, 4) is 0 Å². The molecule has 6 nitrogen and oxygen atoms in total. The minimum absolute atomic E-state index is 0.350. The molecule has 0 aromatic heterocycles. The summed E-state index contributed by atoms with van der Waals surface area (Å²) < 4.78 is 25.0. The molecule has 0 saturated carbocycles. The second-order valence-corrected chi connectivity index (χ2v) is 8.66. The van der Waals surface area contributed by atoms with Crippen LogP contribution in [0.15, 0.2) is 0 Å². The summed E-state index contributed by atoms with van der Waals surface area (Å²) in [5, 5.41) is 11.3. The van der Waals surface area contributed by atoms with Gasteiger partial charge in [0, 0.05) is 25.3 Å². The maximum atomic E-state index is 12.5. The highest BCUT2D eigenvalue weighted by Gasteiger charge is 2.51. The summed E-state index contributed by atoms with van der Waals surface area (Å²) in [5.74, 6) is -0.350. The van der Waals surface area contributed by atoms with Gasteiger partial charge in [0.1, 0.15) is 0 Å². The molecule has 3 unspecified atom stereocenters. The molecule has 140 valence electrons. The van der Waals surface area contributed by atoms with Crippen LogP contribution in [0.4, 0.5) is 0 Å². The van der Waals surface area contributed by atoms with Crippen LogP contribution in [-0.4, -0.2) is 61.8 Å². The lowest BCUT2D eigenvalue weighted by atomic mass is 9.90. The Bertz CT molecular complexity index is 417. The van der Waals surface area contributed by atoms with Crippen molar-refractivity contribution in [3.63, 3.8) is 0 Å². The fourth-order valence-electron chi connectivity index (χ4n) is 3.17. The monoisotopic (exact) mass is 351 g/mol. The summed E-state index contributed by atoms with van der Waals surface area (Å²) in [6.07, 6.45) is 4.94. The number of nitrogens with zero attached hydrogens (tertiary/aromatic N) is 1. The minimum Gasteiger partial charge on any atom is -0.373 e. The summed E-state index contributed by atoms with van der Waals surface area (Å²) in [6, 6.07) is -0.456. The first-order valence-electron chi connectivity index (χ1n) is 8.76. The molecule has 0 rings (SSSR count). The maximum Gasteiger partial charge on any atom is 0.183 e. The maximum absolute atomic E-state index is 12.5. The SMILES string of the molecule is CCCCC(N(CCN)CCCN)C(O)(C(C)CC)S(C)(=O)=O. The largest absolute Gasteiger partial charge is 0.373 e. The van der Waals surface area contributed by atoms with E-state index >= 15 is 0 Å². The van der Waals surface area contributed by atoms with Crippen LogP contribution in [0.3, 0.4) is 0 Å². The van der Waals surface area contributed by atoms with Crippen molar-refractivity contribution in [2.24, 2.45) is 17.4 Å². The fourth-order valence-corrected chi connectivity index (χ4v) is 4.82. The highest BCUT2D eigenvalue weighted by atomic mass is 32.2. The van der Waals surface area contributed by atoms with Crippen LogP contribution in [0, 0.1) is 5.92 Å². The number of rotatable bonds is 13. The van der Waals surface area contributed by atoms with E-state index in [-0.39, 0.29) is 5.92 Å². The average Bonchev–Trinajstić information content (AvgIpc) is 2.50.